The number of benzene rings is 1. The summed E-state index contributed by atoms with van der Waals surface area (Å²) in [4.78, 5) is 16.4. The Hall–Kier alpha value is -2.80. The monoisotopic (exact) mass is 317 g/mol. The van der Waals surface area contributed by atoms with E-state index in [4.69, 9.17) is 0 Å². The maximum Gasteiger partial charge on any atom is 0.265 e. The predicted molar refractivity (Wildman–Crippen MR) is 81.8 cm³/mol. The van der Waals surface area contributed by atoms with Crippen LogP contribution in [0.5, 0.6) is 0 Å². The van der Waals surface area contributed by atoms with Gasteiger partial charge in [-0.05, 0) is 24.6 Å². The van der Waals surface area contributed by atoms with Gasteiger partial charge in [-0.25, -0.2) is 13.8 Å². The van der Waals surface area contributed by atoms with Crippen LogP contribution in [0.3, 0.4) is 0 Å². The molecule has 0 saturated carbocycles. The Morgan fingerprint density at radius 2 is 2.09 bits per heavy atom. The normalized spacial score (nSPS) is 11.0. The number of aryl methyl sites for hydroxylation is 1. The third-order valence-corrected chi connectivity index (χ3v) is 3.38. The summed E-state index contributed by atoms with van der Waals surface area (Å²) in [5, 5.41) is 12.3. The molecule has 0 fully saturated rings. The van der Waals surface area contributed by atoms with E-state index in [9.17, 15) is 18.7 Å². The zero-order valence-corrected chi connectivity index (χ0v) is 12.2. The molecule has 0 saturated heterocycles. The van der Waals surface area contributed by atoms with E-state index in [0.29, 0.717) is 11.8 Å². The first kappa shape index (κ1) is 15.1. The summed E-state index contributed by atoms with van der Waals surface area (Å²) in [6.45, 7) is 1.28. The second kappa shape index (κ2) is 5.77. The molecule has 2 aromatic heterocycles. The standard InChI is InChI=1S/C16H13F2N3O2/c1-9-3-2-4-11(5-9)19-14-12(8-22)16(23)21-7-10(17)6-13(18)15(21)20-14/h2-7,19,22H,8H2,1H3. The largest absolute Gasteiger partial charge is 0.391 e. The lowest BCUT2D eigenvalue weighted by atomic mass is 10.2. The van der Waals surface area contributed by atoms with Gasteiger partial charge in [0.2, 0.25) is 0 Å². The van der Waals surface area contributed by atoms with Crippen molar-refractivity contribution in [3.8, 4) is 0 Å². The molecule has 0 atom stereocenters. The molecule has 0 spiro atoms. The molecule has 0 radical (unpaired) electrons. The van der Waals surface area contributed by atoms with E-state index < -0.39 is 23.8 Å². The molecular weight excluding hydrogens is 304 g/mol. The molecule has 0 aliphatic carbocycles. The average Bonchev–Trinajstić information content (AvgIpc) is 2.49. The van der Waals surface area contributed by atoms with Crippen LogP contribution in [0.4, 0.5) is 20.3 Å². The van der Waals surface area contributed by atoms with E-state index in [-0.39, 0.29) is 17.0 Å². The number of nitrogens with zero attached hydrogens (tertiary/aromatic N) is 2. The van der Waals surface area contributed by atoms with Crippen LogP contribution in [0.2, 0.25) is 0 Å². The van der Waals surface area contributed by atoms with Gasteiger partial charge < -0.3 is 10.4 Å². The van der Waals surface area contributed by atoms with Crippen LogP contribution in [0, 0.1) is 18.6 Å². The summed E-state index contributed by atoms with van der Waals surface area (Å²) in [7, 11) is 0. The lowest BCUT2D eigenvalue weighted by Gasteiger charge is -2.12. The van der Waals surface area contributed by atoms with Crippen molar-refractivity contribution in [3.63, 3.8) is 0 Å². The Bertz CT molecular complexity index is 954. The molecule has 118 valence electrons. The van der Waals surface area contributed by atoms with Crippen LogP contribution in [-0.2, 0) is 6.61 Å². The fourth-order valence-electron chi connectivity index (χ4n) is 2.31. The van der Waals surface area contributed by atoms with Crippen LogP contribution in [0.25, 0.3) is 5.65 Å². The van der Waals surface area contributed by atoms with Crippen molar-refractivity contribution in [3.05, 3.63) is 69.6 Å². The van der Waals surface area contributed by atoms with Crippen molar-refractivity contribution in [1.29, 1.82) is 0 Å². The van der Waals surface area contributed by atoms with Crippen LogP contribution >= 0.6 is 0 Å². The smallest absolute Gasteiger partial charge is 0.265 e. The summed E-state index contributed by atoms with van der Waals surface area (Å²) in [6, 6.07) is 7.91. The van der Waals surface area contributed by atoms with E-state index in [1.807, 2.05) is 19.1 Å². The van der Waals surface area contributed by atoms with Crippen molar-refractivity contribution in [2.75, 3.05) is 5.32 Å². The van der Waals surface area contributed by atoms with Crippen LogP contribution in [0.15, 0.2) is 41.3 Å². The number of halogens is 2. The Balaban J connectivity index is 2.22. The van der Waals surface area contributed by atoms with Crippen molar-refractivity contribution >= 4 is 17.2 Å². The summed E-state index contributed by atoms with van der Waals surface area (Å²) in [6.07, 6.45) is 0.837. The molecule has 0 unspecified atom stereocenters. The molecule has 7 heteroatoms. The number of fused-ring (bicyclic) bond motifs is 1. The molecule has 0 amide bonds. The summed E-state index contributed by atoms with van der Waals surface area (Å²) in [5.41, 5.74) is 0.494. The Labute approximate surface area is 129 Å². The molecule has 3 rings (SSSR count). The van der Waals surface area contributed by atoms with Crippen molar-refractivity contribution < 1.29 is 13.9 Å². The van der Waals surface area contributed by atoms with Crippen molar-refractivity contribution in [2.45, 2.75) is 13.5 Å². The second-order valence-corrected chi connectivity index (χ2v) is 5.10. The number of aliphatic hydroxyl groups is 1. The Kier molecular flexibility index (Phi) is 3.79. The fraction of sp³-hybridized carbons (Fsp3) is 0.125. The minimum absolute atomic E-state index is 0.0357. The maximum atomic E-state index is 13.9. The average molecular weight is 317 g/mol. The number of anilines is 2. The van der Waals surface area contributed by atoms with Gasteiger partial charge in [-0.15, -0.1) is 0 Å². The lowest BCUT2D eigenvalue weighted by molar-refractivity contribution is 0.280. The molecule has 2 N–H and O–H groups in total. The molecule has 2 heterocycles. The van der Waals surface area contributed by atoms with E-state index in [0.717, 1.165) is 16.2 Å². The number of aliphatic hydroxyl groups excluding tert-OH is 1. The van der Waals surface area contributed by atoms with Gasteiger partial charge in [-0.1, -0.05) is 12.1 Å². The van der Waals surface area contributed by atoms with E-state index in [1.165, 1.54) is 0 Å². The highest BCUT2D eigenvalue weighted by Gasteiger charge is 2.16. The zero-order valence-electron chi connectivity index (χ0n) is 12.2. The Morgan fingerprint density at radius 1 is 1.30 bits per heavy atom. The molecule has 0 bridgehead atoms. The first-order valence-corrected chi connectivity index (χ1v) is 6.84. The SMILES string of the molecule is Cc1cccc(Nc2nc3c(F)cc(F)cn3c(=O)c2CO)c1. The minimum Gasteiger partial charge on any atom is -0.391 e. The topological polar surface area (TPSA) is 66.6 Å². The van der Waals surface area contributed by atoms with Gasteiger partial charge in [-0.3, -0.25) is 9.20 Å². The van der Waals surface area contributed by atoms with Gasteiger partial charge in [-0.2, -0.15) is 0 Å². The molecule has 23 heavy (non-hydrogen) atoms. The highest BCUT2D eigenvalue weighted by molar-refractivity contribution is 5.62. The van der Waals surface area contributed by atoms with E-state index in [2.05, 4.69) is 10.3 Å². The zero-order chi connectivity index (χ0) is 16.6. The third-order valence-electron chi connectivity index (χ3n) is 3.38. The molecule has 3 aromatic rings. The fourth-order valence-corrected chi connectivity index (χ4v) is 2.31. The number of nitrogens with one attached hydrogen (secondary N) is 1. The van der Waals surface area contributed by atoms with Gasteiger partial charge in [0.05, 0.1) is 18.4 Å². The summed E-state index contributed by atoms with van der Waals surface area (Å²) >= 11 is 0. The summed E-state index contributed by atoms with van der Waals surface area (Å²) in [5.74, 6) is -1.82. The number of hydrogen-bond acceptors (Lipinski definition) is 4. The third kappa shape index (κ3) is 2.78. The van der Waals surface area contributed by atoms with E-state index >= 15 is 0 Å². The highest BCUT2D eigenvalue weighted by atomic mass is 19.1. The number of aromatic nitrogens is 2. The second-order valence-electron chi connectivity index (χ2n) is 5.10. The van der Waals surface area contributed by atoms with Crippen LogP contribution in [-0.4, -0.2) is 14.5 Å². The number of pyridine rings is 1. The highest BCUT2D eigenvalue weighted by Crippen LogP contribution is 2.20. The quantitative estimate of drug-likeness (QED) is 0.779. The van der Waals surface area contributed by atoms with Gasteiger partial charge in [0.15, 0.2) is 11.5 Å². The predicted octanol–water partition coefficient (Wildman–Crippen LogP) is 2.52. The molecule has 1 aromatic carbocycles. The van der Waals surface area contributed by atoms with Crippen molar-refractivity contribution in [1.82, 2.24) is 9.38 Å². The van der Waals surface area contributed by atoms with E-state index in [1.54, 1.807) is 12.1 Å². The van der Waals surface area contributed by atoms with Gasteiger partial charge in [0.1, 0.15) is 11.6 Å². The van der Waals surface area contributed by atoms with Gasteiger partial charge in [0.25, 0.3) is 5.56 Å². The molecule has 5 nitrogen and oxygen atoms in total. The number of rotatable bonds is 3. The van der Waals surface area contributed by atoms with Crippen molar-refractivity contribution in [2.24, 2.45) is 0 Å². The molecule has 0 aliphatic rings. The van der Waals surface area contributed by atoms with Crippen LogP contribution < -0.4 is 10.9 Å². The molecular formula is C16H13F2N3O2. The Morgan fingerprint density at radius 3 is 2.78 bits per heavy atom. The lowest BCUT2D eigenvalue weighted by Crippen LogP contribution is -2.23. The first-order chi connectivity index (χ1) is 11.0. The van der Waals surface area contributed by atoms with Gasteiger partial charge in [0, 0.05) is 11.8 Å². The number of hydrogen-bond donors (Lipinski definition) is 2. The molecule has 0 aliphatic heterocycles. The van der Waals surface area contributed by atoms with Crippen LogP contribution in [0.1, 0.15) is 11.1 Å². The maximum absolute atomic E-state index is 13.9. The minimum atomic E-state index is -0.959. The first-order valence-electron chi connectivity index (χ1n) is 6.84. The van der Waals surface area contributed by atoms with Gasteiger partial charge >= 0.3 is 0 Å². The summed E-state index contributed by atoms with van der Waals surface area (Å²) < 4.78 is 27.9.